The van der Waals surface area contributed by atoms with Crippen LogP contribution in [0, 0.1) is 5.89 Å². The molecule has 0 rings (SSSR count). The average Bonchev–Trinajstić information content (AvgIpc) is 2.11. The van der Waals surface area contributed by atoms with E-state index < -0.39 is 38.0 Å². The van der Waals surface area contributed by atoms with Crippen molar-refractivity contribution >= 4 is 5.97 Å². The first-order chi connectivity index (χ1) is 7.94. The number of carboxylic acid groups (broad SMARTS) is 1. The minimum atomic E-state index is -3.87. The van der Waals surface area contributed by atoms with Gasteiger partial charge in [0, 0.05) is 12.3 Å². The van der Waals surface area contributed by atoms with Gasteiger partial charge in [-0.15, -0.1) is 0 Å². The van der Waals surface area contributed by atoms with Gasteiger partial charge in [0.25, 0.3) is 0 Å². The Morgan fingerprint density at radius 2 is 2.67 bits per heavy atom. The molecular weight excluding hydrogens is 118 g/mol. The fourth-order valence-corrected chi connectivity index (χ4v) is 0.188. The van der Waals surface area contributed by atoms with Crippen molar-refractivity contribution in [3.05, 3.63) is 0 Å². The second kappa shape index (κ2) is 3.45. The summed E-state index contributed by atoms with van der Waals surface area (Å²) < 4.78 is 71.7. The lowest BCUT2D eigenvalue weighted by Gasteiger charge is -2.07. The maximum Gasteiger partial charge on any atom is 0.320 e. The van der Waals surface area contributed by atoms with Crippen molar-refractivity contribution < 1.29 is 23.6 Å². The maximum atomic E-state index is 10.8. The Labute approximate surface area is 68.9 Å². The van der Waals surface area contributed by atoms with Crippen LogP contribution in [0.5, 0.6) is 0 Å². The third kappa shape index (κ3) is 3.97. The molecule has 0 aliphatic carbocycles. The molecule has 0 aromatic carbocycles. The third-order valence-electron chi connectivity index (χ3n) is 0.490. The van der Waals surface area contributed by atoms with Crippen molar-refractivity contribution in [1.29, 1.82) is 0 Å². The summed E-state index contributed by atoms with van der Waals surface area (Å²) in [5, 5.41) is 8.67. The predicted octanol–water partition coefficient (Wildman–Crippen LogP) is 0.444. The molecule has 0 amide bonds. The van der Waals surface area contributed by atoms with Crippen LogP contribution in [0.2, 0.25) is 0 Å². The topological polar surface area (TPSA) is 63.3 Å². The molecule has 0 aliphatic rings. The number of nitrogens with two attached hydrogens (primary N) is 1. The van der Waals surface area contributed by atoms with Gasteiger partial charge in [-0.1, -0.05) is 13.7 Å². The zero-order chi connectivity index (χ0) is 16.1. The molecule has 0 spiro atoms. The summed E-state index contributed by atoms with van der Waals surface area (Å²) in [5.74, 6) is -6.15. The van der Waals surface area contributed by atoms with Crippen LogP contribution in [0.4, 0.5) is 0 Å². The van der Waals surface area contributed by atoms with E-state index in [1.165, 1.54) is 0 Å². The van der Waals surface area contributed by atoms with Gasteiger partial charge in [-0.3, -0.25) is 4.79 Å². The van der Waals surface area contributed by atoms with Gasteiger partial charge < -0.3 is 10.8 Å². The Kier molecular flexibility index (Phi) is 0.588. The normalized spacial score (nSPS) is 39.2. The van der Waals surface area contributed by atoms with Crippen LogP contribution >= 0.6 is 0 Å². The largest absolute Gasteiger partial charge is 0.480 e. The third-order valence-corrected chi connectivity index (χ3v) is 0.490. The molecule has 3 nitrogen and oxygen atoms in total. The van der Waals surface area contributed by atoms with Gasteiger partial charge in [0.2, 0.25) is 0 Å². The van der Waals surface area contributed by atoms with Crippen molar-refractivity contribution in [3.8, 4) is 0 Å². The Hall–Kier alpha value is -0.570. The highest BCUT2D eigenvalue weighted by Gasteiger charge is 2.11. The van der Waals surface area contributed by atoms with Crippen LogP contribution in [0.1, 0.15) is 33.8 Å². The van der Waals surface area contributed by atoms with Gasteiger partial charge >= 0.3 is 5.97 Å². The average molecular weight is 141 g/mol. The van der Waals surface area contributed by atoms with Gasteiger partial charge in [0.1, 0.15) is 6.02 Å². The zero-order valence-electron chi connectivity index (χ0n) is 14.4. The first-order valence-corrected chi connectivity index (χ1v) is 1.97. The lowest BCUT2D eigenvalue weighted by atomic mass is 10.1. The Bertz CT molecular complexity index is 355. The second-order valence-corrected chi connectivity index (χ2v) is 1.22. The van der Waals surface area contributed by atoms with E-state index in [4.69, 9.17) is 24.5 Å². The van der Waals surface area contributed by atoms with Crippen LogP contribution < -0.4 is 5.73 Å². The lowest BCUT2D eigenvalue weighted by molar-refractivity contribution is -0.138. The van der Waals surface area contributed by atoms with Crippen molar-refractivity contribution in [1.82, 2.24) is 0 Å². The summed E-state index contributed by atoms with van der Waals surface area (Å²) in [6.07, 6.45) is -3.87. The molecule has 3 N–H and O–H groups in total. The number of hydrogen-bond donors (Lipinski definition) is 2. The molecular formula is C6H13NO2. The van der Waals surface area contributed by atoms with Gasteiger partial charge in [0.15, 0.2) is 0 Å². The molecule has 0 aliphatic heterocycles. The van der Waals surface area contributed by atoms with E-state index >= 15 is 0 Å². The van der Waals surface area contributed by atoms with E-state index in [1.807, 2.05) is 0 Å². The summed E-state index contributed by atoms with van der Waals surface area (Å²) >= 11 is 0. The summed E-state index contributed by atoms with van der Waals surface area (Å²) in [7, 11) is 0. The molecule has 0 bridgehead atoms. The Balaban J connectivity index is 6.29. The van der Waals surface area contributed by atoms with E-state index in [1.54, 1.807) is 0 Å². The molecule has 3 heteroatoms. The van der Waals surface area contributed by atoms with E-state index in [-0.39, 0.29) is 0 Å². The number of carbonyl (C=O) groups is 1. The molecule has 0 saturated heterocycles. The molecule has 0 aromatic heterocycles. The quantitative estimate of drug-likeness (QED) is 0.599. The minimum Gasteiger partial charge on any atom is -0.480 e. The molecule has 1 unspecified atom stereocenters. The Morgan fingerprint density at radius 3 is 3.00 bits per heavy atom. The van der Waals surface area contributed by atoms with Gasteiger partial charge in [-0.25, -0.2) is 0 Å². The lowest BCUT2D eigenvalue weighted by Crippen LogP contribution is -2.31. The van der Waals surface area contributed by atoms with Crippen molar-refractivity contribution in [2.75, 3.05) is 0 Å². The fraction of sp³-hybridized carbons (Fsp3) is 0.833. The number of aliphatic carboxylic acids is 1. The monoisotopic (exact) mass is 141 g/mol. The van der Waals surface area contributed by atoms with E-state index in [0.717, 1.165) is 0 Å². The minimum absolute atomic E-state index is 2.28. The number of rotatable bonds is 3. The molecule has 0 heterocycles. The van der Waals surface area contributed by atoms with Crippen LogP contribution in [0.3, 0.4) is 0 Å². The molecule has 0 radical (unpaired) electrons. The summed E-state index contributed by atoms with van der Waals surface area (Å²) in [6.45, 7) is -7.44. The highest BCUT2D eigenvalue weighted by molar-refractivity contribution is 5.72. The van der Waals surface area contributed by atoms with Crippen molar-refractivity contribution in [2.24, 2.45) is 11.6 Å². The van der Waals surface area contributed by atoms with E-state index in [9.17, 15) is 4.79 Å². The maximum absolute atomic E-state index is 10.8. The van der Waals surface area contributed by atoms with Crippen molar-refractivity contribution in [2.45, 2.75) is 26.1 Å². The van der Waals surface area contributed by atoms with Crippen LogP contribution in [0.25, 0.3) is 0 Å². The van der Waals surface area contributed by atoms with Gasteiger partial charge in [-0.2, -0.15) is 0 Å². The first-order valence-electron chi connectivity index (χ1n) is 6.97. The Morgan fingerprint density at radius 1 is 2.11 bits per heavy atom. The number of carboxylic acids is 1. The van der Waals surface area contributed by atoms with Crippen LogP contribution in [-0.4, -0.2) is 17.1 Å². The highest BCUT2D eigenvalue weighted by Crippen LogP contribution is 2.01. The molecule has 54 valence electrons. The smallest absolute Gasteiger partial charge is 0.320 e. The molecule has 0 fully saturated rings. The highest BCUT2D eigenvalue weighted by atomic mass is 16.4. The molecule has 0 aromatic rings. The van der Waals surface area contributed by atoms with Gasteiger partial charge in [-0.05, 0) is 12.3 Å². The summed E-state index contributed by atoms with van der Waals surface area (Å²) in [4.78, 5) is 10.8. The first kappa shape index (κ1) is 1.53. The molecule has 9 heavy (non-hydrogen) atoms. The van der Waals surface area contributed by atoms with Crippen molar-refractivity contribution in [3.63, 3.8) is 0 Å². The SMILES string of the molecule is [2H]C([2H])([2H])C([2H])(C([2H])([2H])[2H])C([2H])([2H])C([2H])(N)C(=O)O. The van der Waals surface area contributed by atoms with Crippen LogP contribution in [-0.2, 0) is 4.79 Å². The van der Waals surface area contributed by atoms with Gasteiger partial charge in [0.05, 0.1) is 1.37 Å². The molecule has 1 atom stereocenters. The predicted molar refractivity (Wildman–Crippen MR) is 35.1 cm³/mol. The second-order valence-electron chi connectivity index (χ2n) is 1.22. The standard InChI is InChI=1S/C6H13NO2/c1-4(2)3-5(7)6(8)9/h4-5H,3,7H2,1-2H3,(H,8,9)/i1D3,2D3,3D2,4D,5D. The van der Waals surface area contributed by atoms with E-state index in [2.05, 4.69) is 0 Å². The summed E-state index contributed by atoms with van der Waals surface area (Å²) in [5.41, 5.74) is 4.89. The summed E-state index contributed by atoms with van der Waals surface area (Å²) in [6, 6.07) is -3.61. The zero-order valence-corrected chi connectivity index (χ0v) is 4.43. The van der Waals surface area contributed by atoms with Crippen LogP contribution in [0.15, 0.2) is 0 Å². The fourth-order valence-electron chi connectivity index (χ4n) is 0.188. The molecule has 0 saturated carbocycles. The van der Waals surface area contributed by atoms with E-state index in [0.29, 0.717) is 0 Å². The number of hydrogen-bond acceptors (Lipinski definition) is 2.